The summed E-state index contributed by atoms with van der Waals surface area (Å²) in [5, 5.41) is 0. The second-order valence-electron chi connectivity index (χ2n) is 4.30. The van der Waals surface area contributed by atoms with Crippen LogP contribution in [0.5, 0.6) is 0 Å². The molecule has 3 nitrogen and oxygen atoms in total. The maximum atomic E-state index is 13.2. The summed E-state index contributed by atoms with van der Waals surface area (Å²) < 4.78 is 20.3. The molecule has 0 aliphatic rings. The highest BCUT2D eigenvalue weighted by atomic mass is 35.5. The van der Waals surface area contributed by atoms with Crippen LogP contribution in [0.25, 0.3) is 11.0 Å². The van der Waals surface area contributed by atoms with Crippen molar-refractivity contribution in [2.75, 3.05) is 13.7 Å². The Morgan fingerprint density at radius 2 is 2.28 bits per heavy atom. The number of halogens is 2. The van der Waals surface area contributed by atoms with Crippen molar-refractivity contribution in [1.82, 2.24) is 9.55 Å². The summed E-state index contributed by atoms with van der Waals surface area (Å²) in [5.41, 5.74) is 1.56. The number of aromatic nitrogens is 2. The molecule has 0 aliphatic heterocycles. The normalized spacial score (nSPS) is 13.1. The number of methoxy groups -OCH3 is 1. The van der Waals surface area contributed by atoms with E-state index in [0.717, 1.165) is 17.8 Å². The van der Waals surface area contributed by atoms with E-state index in [9.17, 15) is 4.39 Å². The van der Waals surface area contributed by atoms with Gasteiger partial charge in [0.1, 0.15) is 11.6 Å². The van der Waals surface area contributed by atoms with E-state index < -0.39 is 0 Å². The number of nitrogens with zero attached hydrogens (tertiary/aromatic N) is 2. The Kier molecular flexibility index (Phi) is 4.19. The first-order chi connectivity index (χ1) is 8.67. The van der Waals surface area contributed by atoms with Gasteiger partial charge in [0.25, 0.3) is 0 Å². The lowest BCUT2D eigenvalue weighted by Gasteiger charge is -2.16. The third-order valence-corrected chi connectivity index (χ3v) is 3.26. The lowest BCUT2D eigenvalue weighted by atomic mass is 10.2. The number of imidazole rings is 1. The Morgan fingerprint density at radius 1 is 1.50 bits per heavy atom. The molecule has 0 aliphatic carbocycles. The van der Waals surface area contributed by atoms with Crippen LogP contribution >= 0.6 is 11.6 Å². The zero-order chi connectivity index (χ0) is 13.1. The van der Waals surface area contributed by atoms with Crippen LogP contribution in [0.2, 0.25) is 0 Å². The Labute approximate surface area is 111 Å². The van der Waals surface area contributed by atoms with Gasteiger partial charge in [0.15, 0.2) is 0 Å². The molecule has 1 heterocycles. The molecular formula is C13H16ClFN2O. The van der Waals surface area contributed by atoms with E-state index in [1.165, 1.54) is 12.1 Å². The number of hydrogen-bond donors (Lipinski definition) is 0. The summed E-state index contributed by atoms with van der Waals surface area (Å²) in [6.07, 6.45) is 0.864. The number of ether oxygens (including phenoxy) is 1. The molecular weight excluding hydrogens is 255 g/mol. The molecule has 0 spiro atoms. The van der Waals surface area contributed by atoms with Crippen molar-refractivity contribution in [2.45, 2.75) is 25.3 Å². The third kappa shape index (κ3) is 2.49. The summed E-state index contributed by atoms with van der Waals surface area (Å²) in [6.45, 7) is 2.75. The molecule has 0 saturated heterocycles. The van der Waals surface area contributed by atoms with Crippen LogP contribution in [0.1, 0.15) is 25.2 Å². The molecule has 1 aromatic carbocycles. The number of hydrogen-bond acceptors (Lipinski definition) is 2. The lowest BCUT2D eigenvalue weighted by molar-refractivity contribution is 0.181. The van der Waals surface area contributed by atoms with Crippen molar-refractivity contribution in [3.05, 3.63) is 29.8 Å². The first-order valence-corrected chi connectivity index (χ1v) is 6.42. The summed E-state index contributed by atoms with van der Waals surface area (Å²) in [5.74, 6) is 0.798. The van der Waals surface area contributed by atoms with Gasteiger partial charge in [-0.1, -0.05) is 0 Å². The molecule has 2 aromatic rings. The standard InChI is InChI=1S/C13H16ClFN2O/c1-9(5-6-18-2)17-12-4-3-10(15)7-11(12)16-13(17)8-14/h3-4,7,9H,5-6,8H2,1-2H3. The number of fused-ring (bicyclic) bond motifs is 1. The maximum Gasteiger partial charge on any atom is 0.125 e. The summed E-state index contributed by atoms with van der Waals surface area (Å²) in [7, 11) is 1.68. The molecule has 0 saturated carbocycles. The number of alkyl halides is 1. The van der Waals surface area contributed by atoms with E-state index in [0.29, 0.717) is 18.0 Å². The van der Waals surface area contributed by atoms with E-state index in [4.69, 9.17) is 16.3 Å². The van der Waals surface area contributed by atoms with Gasteiger partial charge in [-0.05, 0) is 25.5 Å². The summed E-state index contributed by atoms with van der Waals surface area (Å²) in [4.78, 5) is 4.37. The quantitative estimate of drug-likeness (QED) is 0.778. The first-order valence-electron chi connectivity index (χ1n) is 5.88. The minimum Gasteiger partial charge on any atom is -0.385 e. The second kappa shape index (κ2) is 5.67. The summed E-state index contributed by atoms with van der Waals surface area (Å²) >= 11 is 5.91. The van der Waals surface area contributed by atoms with Gasteiger partial charge >= 0.3 is 0 Å². The number of rotatable bonds is 5. The van der Waals surface area contributed by atoms with Crippen molar-refractivity contribution >= 4 is 22.6 Å². The Balaban J connectivity index is 2.46. The third-order valence-electron chi connectivity index (χ3n) is 3.02. The fourth-order valence-electron chi connectivity index (χ4n) is 2.13. The molecule has 98 valence electrons. The predicted octanol–water partition coefficient (Wildman–Crippen LogP) is 3.51. The van der Waals surface area contributed by atoms with Crippen LogP contribution in [-0.4, -0.2) is 23.3 Å². The van der Waals surface area contributed by atoms with Crippen LogP contribution in [0.3, 0.4) is 0 Å². The molecule has 0 radical (unpaired) electrons. The van der Waals surface area contributed by atoms with E-state index in [2.05, 4.69) is 16.5 Å². The van der Waals surface area contributed by atoms with Crippen molar-refractivity contribution in [3.63, 3.8) is 0 Å². The Hall–Kier alpha value is -1.13. The highest BCUT2D eigenvalue weighted by molar-refractivity contribution is 6.16. The molecule has 0 fully saturated rings. The molecule has 1 unspecified atom stereocenters. The fourth-order valence-corrected chi connectivity index (χ4v) is 2.31. The average Bonchev–Trinajstić information content (AvgIpc) is 2.73. The van der Waals surface area contributed by atoms with E-state index in [1.807, 2.05) is 0 Å². The van der Waals surface area contributed by atoms with E-state index in [1.54, 1.807) is 13.2 Å². The Morgan fingerprint density at radius 3 is 2.94 bits per heavy atom. The van der Waals surface area contributed by atoms with Gasteiger partial charge in [-0.25, -0.2) is 9.37 Å². The van der Waals surface area contributed by atoms with Gasteiger partial charge in [0.2, 0.25) is 0 Å². The maximum absolute atomic E-state index is 13.2. The molecule has 0 amide bonds. The van der Waals surface area contributed by atoms with Gasteiger partial charge in [-0.3, -0.25) is 0 Å². The van der Waals surface area contributed by atoms with Crippen LogP contribution < -0.4 is 0 Å². The molecule has 5 heteroatoms. The second-order valence-corrected chi connectivity index (χ2v) is 4.56. The van der Waals surface area contributed by atoms with Gasteiger partial charge < -0.3 is 9.30 Å². The van der Waals surface area contributed by atoms with Crippen LogP contribution in [0.4, 0.5) is 4.39 Å². The van der Waals surface area contributed by atoms with Gasteiger partial charge in [0, 0.05) is 25.8 Å². The van der Waals surface area contributed by atoms with E-state index >= 15 is 0 Å². The Bertz CT molecular complexity index is 541. The molecule has 0 bridgehead atoms. The largest absolute Gasteiger partial charge is 0.385 e. The van der Waals surface area contributed by atoms with Gasteiger partial charge in [-0.2, -0.15) is 0 Å². The van der Waals surface area contributed by atoms with Crippen LogP contribution in [-0.2, 0) is 10.6 Å². The topological polar surface area (TPSA) is 27.1 Å². The zero-order valence-electron chi connectivity index (χ0n) is 10.5. The first kappa shape index (κ1) is 13.3. The molecule has 18 heavy (non-hydrogen) atoms. The molecule has 0 N–H and O–H groups in total. The lowest BCUT2D eigenvalue weighted by Crippen LogP contribution is -2.10. The minimum absolute atomic E-state index is 0.217. The van der Waals surface area contributed by atoms with Gasteiger partial charge in [0.05, 0.1) is 16.9 Å². The van der Waals surface area contributed by atoms with Crippen LogP contribution in [0.15, 0.2) is 18.2 Å². The van der Waals surface area contributed by atoms with Crippen molar-refractivity contribution < 1.29 is 9.13 Å². The number of benzene rings is 1. The van der Waals surface area contributed by atoms with Crippen molar-refractivity contribution in [2.24, 2.45) is 0 Å². The fraction of sp³-hybridized carbons (Fsp3) is 0.462. The zero-order valence-corrected chi connectivity index (χ0v) is 11.2. The van der Waals surface area contributed by atoms with Crippen molar-refractivity contribution in [1.29, 1.82) is 0 Å². The summed E-state index contributed by atoms with van der Waals surface area (Å²) in [6, 6.07) is 4.85. The highest BCUT2D eigenvalue weighted by Crippen LogP contribution is 2.24. The van der Waals surface area contributed by atoms with Crippen LogP contribution in [0, 0.1) is 5.82 Å². The van der Waals surface area contributed by atoms with Gasteiger partial charge in [-0.15, -0.1) is 11.6 Å². The average molecular weight is 271 g/mol. The van der Waals surface area contributed by atoms with Crippen molar-refractivity contribution in [3.8, 4) is 0 Å². The molecule has 1 atom stereocenters. The SMILES string of the molecule is COCCC(C)n1c(CCl)nc2cc(F)ccc21. The predicted molar refractivity (Wildman–Crippen MR) is 70.5 cm³/mol. The van der Waals surface area contributed by atoms with E-state index in [-0.39, 0.29) is 11.9 Å². The monoisotopic (exact) mass is 270 g/mol. The minimum atomic E-state index is -0.280. The highest BCUT2D eigenvalue weighted by Gasteiger charge is 2.15. The molecule has 1 aromatic heterocycles. The molecule has 2 rings (SSSR count). The smallest absolute Gasteiger partial charge is 0.125 e.